The van der Waals surface area contributed by atoms with Gasteiger partial charge < -0.3 is 13.3 Å². The maximum atomic E-state index is 12.4. The maximum absolute atomic E-state index is 12.4. The summed E-state index contributed by atoms with van der Waals surface area (Å²) in [6, 6.07) is 13.2. The Morgan fingerprint density at radius 2 is 1.81 bits per heavy atom. The molecular weight excluding hydrogens is 392 g/mol. The predicted octanol–water partition coefficient (Wildman–Crippen LogP) is 4.32. The monoisotopic (exact) mass is 402 g/mol. The fourth-order valence-corrected chi connectivity index (χ4v) is 3.55. The number of benzene rings is 2. The molecule has 2 aromatic carbocycles. The largest absolute Gasteiger partial charge is 0.465 e. The van der Waals surface area contributed by atoms with Crippen molar-refractivity contribution in [3.05, 3.63) is 83.0 Å². The molecule has 3 aromatic rings. The van der Waals surface area contributed by atoms with Crippen molar-refractivity contribution in [1.82, 2.24) is 0 Å². The third kappa shape index (κ3) is 3.47. The topological polar surface area (TPSA) is 82.8 Å². The highest BCUT2D eigenvalue weighted by atomic mass is 35.5. The van der Waals surface area contributed by atoms with E-state index in [4.69, 9.17) is 24.9 Å². The standard InChI is InChI=1S/C19H11ClO6S/c20-12-3-6-15(7-4-12)27(22,23)26-14-5-8-16-17(11-14)25-18(19(16)21)10-13-2-1-9-24-13/h1-11H. The Kier molecular flexibility index (Phi) is 4.25. The molecule has 8 heteroatoms. The van der Waals surface area contributed by atoms with E-state index in [1.165, 1.54) is 54.8 Å². The van der Waals surface area contributed by atoms with Gasteiger partial charge in [-0.25, -0.2) is 0 Å². The molecule has 0 atom stereocenters. The first-order chi connectivity index (χ1) is 12.9. The number of rotatable bonds is 4. The summed E-state index contributed by atoms with van der Waals surface area (Å²) in [6.45, 7) is 0. The van der Waals surface area contributed by atoms with E-state index >= 15 is 0 Å². The Bertz CT molecular complexity index is 1150. The molecule has 0 saturated heterocycles. The van der Waals surface area contributed by atoms with Crippen LogP contribution in [-0.2, 0) is 10.1 Å². The highest BCUT2D eigenvalue weighted by molar-refractivity contribution is 7.87. The van der Waals surface area contributed by atoms with Crippen molar-refractivity contribution in [3.63, 3.8) is 0 Å². The lowest BCUT2D eigenvalue weighted by atomic mass is 10.1. The molecule has 1 aliphatic heterocycles. The molecule has 0 bridgehead atoms. The van der Waals surface area contributed by atoms with Crippen molar-refractivity contribution in [2.24, 2.45) is 0 Å². The maximum Gasteiger partial charge on any atom is 0.339 e. The summed E-state index contributed by atoms with van der Waals surface area (Å²) in [4.78, 5) is 12.3. The van der Waals surface area contributed by atoms with Crippen LogP contribution in [0.3, 0.4) is 0 Å². The number of carbonyl (C=O) groups is 1. The summed E-state index contributed by atoms with van der Waals surface area (Å²) < 4.78 is 40.5. The summed E-state index contributed by atoms with van der Waals surface area (Å²) in [5.41, 5.74) is 0.309. The zero-order chi connectivity index (χ0) is 19.0. The van der Waals surface area contributed by atoms with E-state index in [0.29, 0.717) is 16.3 Å². The van der Waals surface area contributed by atoms with Crippen LogP contribution < -0.4 is 8.92 Å². The lowest BCUT2D eigenvalue weighted by molar-refractivity contribution is 0.101. The lowest BCUT2D eigenvalue weighted by Crippen LogP contribution is -2.09. The van der Waals surface area contributed by atoms with Gasteiger partial charge in [0.05, 0.1) is 11.8 Å². The number of ketones is 1. The number of fused-ring (bicyclic) bond motifs is 1. The second kappa shape index (κ2) is 6.61. The molecule has 2 heterocycles. The summed E-state index contributed by atoms with van der Waals surface area (Å²) in [5.74, 6) is 0.455. The van der Waals surface area contributed by atoms with E-state index in [1.807, 2.05) is 0 Å². The fraction of sp³-hybridized carbons (Fsp3) is 0. The SMILES string of the molecule is O=C1C(=Cc2ccco2)Oc2cc(OS(=O)(=O)c3ccc(Cl)cc3)ccc21. The molecule has 0 spiro atoms. The molecule has 1 aromatic heterocycles. The first-order valence-electron chi connectivity index (χ1n) is 7.74. The molecule has 0 N–H and O–H groups in total. The molecule has 0 amide bonds. The minimum Gasteiger partial charge on any atom is -0.465 e. The van der Waals surface area contributed by atoms with E-state index in [0.717, 1.165) is 0 Å². The minimum absolute atomic E-state index is 0.0238. The Morgan fingerprint density at radius 1 is 1.04 bits per heavy atom. The van der Waals surface area contributed by atoms with E-state index in [-0.39, 0.29) is 27.9 Å². The zero-order valence-corrected chi connectivity index (χ0v) is 15.2. The van der Waals surface area contributed by atoms with Gasteiger partial charge >= 0.3 is 10.1 Å². The molecule has 6 nitrogen and oxygen atoms in total. The summed E-state index contributed by atoms with van der Waals surface area (Å²) in [7, 11) is -4.04. The highest BCUT2D eigenvalue weighted by Gasteiger charge is 2.29. The number of ether oxygens (including phenoxy) is 1. The van der Waals surface area contributed by atoms with Crippen LogP contribution in [0.15, 0.2) is 75.9 Å². The molecule has 27 heavy (non-hydrogen) atoms. The molecular formula is C19H11ClO6S. The molecule has 136 valence electrons. The number of halogens is 1. The van der Waals surface area contributed by atoms with Gasteiger partial charge in [0.1, 0.15) is 22.2 Å². The van der Waals surface area contributed by atoms with Crippen molar-refractivity contribution >= 4 is 33.6 Å². The Hall–Kier alpha value is -3.03. The number of hydrogen-bond acceptors (Lipinski definition) is 6. The fourth-order valence-electron chi connectivity index (χ4n) is 2.50. The van der Waals surface area contributed by atoms with Crippen LogP contribution in [0.4, 0.5) is 0 Å². The lowest BCUT2D eigenvalue weighted by Gasteiger charge is -2.08. The molecule has 4 rings (SSSR count). The van der Waals surface area contributed by atoms with Crippen molar-refractivity contribution in [3.8, 4) is 11.5 Å². The summed E-state index contributed by atoms with van der Waals surface area (Å²) >= 11 is 5.77. The van der Waals surface area contributed by atoms with Gasteiger partial charge in [-0.3, -0.25) is 4.79 Å². The molecule has 0 fully saturated rings. The first-order valence-corrected chi connectivity index (χ1v) is 9.53. The molecule has 0 saturated carbocycles. The van der Waals surface area contributed by atoms with Gasteiger partial charge in [0, 0.05) is 17.2 Å². The molecule has 0 radical (unpaired) electrons. The van der Waals surface area contributed by atoms with Gasteiger partial charge in [-0.05, 0) is 48.5 Å². The van der Waals surface area contributed by atoms with Crippen molar-refractivity contribution < 1.29 is 26.5 Å². The smallest absolute Gasteiger partial charge is 0.339 e. The number of carbonyl (C=O) groups excluding carboxylic acids is 1. The highest BCUT2D eigenvalue weighted by Crippen LogP contribution is 2.35. The minimum atomic E-state index is -4.04. The number of Topliss-reactive ketones (excluding diaryl/α,β-unsaturated/α-hetero) is 1. The van der Waals surface area contributed by atoms with Crippen molar-refractivity contribution in [2.75, 3.05) is 0 Å². The van der Waals surface area contributed by atoms with Crippen molar-refractivity contribution in [1.29, 1.82) is 0 Å². The number of hydrogen-bond donors (Lipinski definition) is 0. The van der Waals surface area contributed by atoms with E-state index in [1.54, 1.807) is 12.1 Å². The normalized spacial score (nSPS) is 14.9. The second-order valence-electron chi connectivity index (χ2n) is 5.60. The van der Waals surface area contributed by atoms with E-state index < -0.39 is 10.1 Å². The number of allylic oxidation sites excluding steroid dienone is 1. The average molecular weight is 403 g/mol. The van der Waals surface area contributed by atoms with Gasteiger partial charge in [-0.1, -0.05) is 11.6 Å². The van der Waals surface area contributed by atoms with Crippen LogP contribution in [0.1, 0.15) is 16.1 Å². The first kappa shape index (κ1) is 17.4. The van der Waals surface area contributed by atoms with Gasteiger partial charge in [0.2, 0.25) is 5.78 Å². The van der Waals surface area contributed by atoms with Crippen LogP contribution in [0.5, 0.6) is 11.5 Å². The zero-order valence-electron chi connectivity index (χ0n) is 13.6. The van der Waals surface area contributed by atoms with E-state index in [2.05, 4.69) is 0 Å². The Morgan fingerprint density at radius 3 is 2.52 bits per heavy atom. The third-order valence-electron chi connectivity index (χ3n) is 3.77. The molecule has 1 aliphatic rings. The second-order valence-corrected chi connectivity index (χ2v) is 7.59. The quantitative estimate of drug-likeness (QED) is 0.477. The van der Waals surface area contributed by atoms with Gasteiger partial charge in [0.15, 0.2) is 5.76 Å². The summed E-state index contributed by atoms with van der Waals surface area (Å²) in [5, 5.41) is 0.411. The summed E-state index contributed by atoms with van der Waals surface area (Å²) in [6.07, 6.45) is 2.94. The van der Waals surface area contributed by atoms with Crippen LogP contribution >= 0.6 is 11.6 Å². The van der Waals surface area contributed by atoms with Crippen LogP contribution in [0, 0.1) is 0 Å². The van der Waals surface area contributed by atoms with Gasteiger partial charge in [-0.2, -0.15) is 8.42 Å². The van der Waals surface area contributed by atoms with Crippen LogP contribution in [0.25, 0.3) is 6.08 Å². The average Bonchev–Trinajstić information content (AvgIpc) is 3.24. The molecule has 0 unspecified atom stereocenters. The van der Waals surface area contributed by atoms with E-state index in [9.17, 15) is 13.2 Å². The van der Waals surface area contributed by atoms with Gasteiger partial charge in [0.25, 0.3) is 0 Å². The Labute approximate surface area is 159 Å². The predicted molar refractivity (Wildman–Crippen MR) is 97.4 cm³/mol. The van der Waals surface area contributed by atoms with Crippen LogP contribution in [0.2, 0.25) is 5.02 Å². The number of furan rings is 1. The molecule has 0 aliphatic carbocycles. The van der Waals surface area contributed by atoms with Gasteiger partial charge in [-0.15, -0.1) is 0 Å². The Balaban J connectivity index is 1.60. The van der Waals surface area contributed by atoms with Crippen molar-refractivity contribution in [2.45, 2.75) is 4.90 Å². The third-order valence-corrected chi connectivity index (χ3v) is 5.28. The van der Waals surface area contributed by atoms with Crippen LogP contribution in [-0.4, -0.2) is 14.2 Å².